The van der Waals surface area contributed by atoms with Crippen LogP contribution < -0.4 is 15.5 Å². The summed E-state index contributed by atoms with van der Waals surface area (Å²) in [4.78, 5) is 16.6. The lowest BCUT2D eigenvalue weighted by atomic mass is 10.1. The summed E-state index contributed by atoms with van der Waals surface area (Å²) in [5, 5.41) is 2.75. The molecule has 0 fully saturated rings. The molecule has 0 aliphatic rings. The number of amides is 1. The minimum absolute atomic E-state index is 0.0822. The van der Waals surface area contributed by atoms with Crippen LogP contribution in [0.15, 0.2) is 66.1 Å². The number of rotatable bonds is 9. The minimum Gasteiger partial charge on any atom is -0.351 e. The zero-order valence-electron chi connectivity index (χ0n) is 18.2. The number of sulfonamides is 1. The number of hydrogen-bond donors (Lipinski definition) is 3. The highest BCUT2D eigenvalue weighted by atomic mass is 127. The average Bonchev–Trinajstić information content (AvgIpc) is 2.80. The Kier molecular flexibility index (Phi) is 8.70. The van der Waals surface area contributed by atoms with Gasteiger partial charge in [0.15, 0.2) is 11.6 Å². The van der Waals surface area contributed by atoms with Crippen molar-refractivity contribution in [2.75, 3.05) is 16.6 Å². The van der Waals surface area contributed by atoms with E-state index in [9.17, 15) is 13.2 Å². The maximum atomic E-state index is 15.3. The highest BCUT2D eigenvalue weighted by Gasteiger charge is 2.30. The molecule has 0 aliphatic carbocycles. The summed E-state index contributed by atoms with van der Waals surface area (Å²) in [6.07, 6.45) is 1.35. The molecule has 3 rings (SSSR count). The highest BCUT2D eigenvalue weighted by Crippen LogP contribution is 2.34. The first-order valence-electron chi connectivity index (χ1n) is 9.90. The van der Waals surface area contributed by atoms with E-state index in [1.807, 2.05) is 28.1 Å². The summed E-state index contributed by atoms with van der Waals surface area (Å²) in [5.74, 6) is -4.30. The number of benzene rings is 3. The SMILES string of the molecule is C=CCONC(=O)c1cc(S(=O)(=O)Nc2ccccc2C)c(F)c(F)c1Nc1ccc(I)cc1Cl. The van der Waals surface area contributed by atoms with Gasteiger partial charge in [-0.15, -0.1) is 6.58 Å². The van der Waals surface area contributed by atoms with Crippen molar-refractivity contribution in [1.29, 1.82) is 0 Å². The third kappa shape index (κ3) is 6.28. The van der Waals surface area contributed by atoms with Crippen LogP contribution in [0.25, 0.3) is 0 Å². The van der Waals surface area contributed by atoms with Crippen molar-refractivity contribution in [3.8, 4) is 0 Å². The van der Waals surface area contributed by atoms with Crippen LogP contribution in [0, 0.1) is 22.1 Å². The Morgan fingerprint density at radius 3 is 2.51 bits per heavy atom. The normalized spacial score (nSPS) is 11.1. The monoisotopic (exact) mass is 633 g/mol. The Balaban J connectivity index is 2.13. The maximum Gasteiger partial charge on any atom is 0.277 e. The standard InChI is InChI=1S/C23H19ClF2IN3O4S/c1-3-10-34-29-23(31)15-12-19(35(32,33)30-17-7-5-4-6-13(17)2)20(25)21(26)22(15)28-18-9-8-14(27)11-16(18)24/h3-9,11-12,28,30H,1,10H2,2H3,(H,29,31). The number of hydrogen-bond acceptors (Lipinski definition) is 5. The van der Waals surface area contributed by atoms with E-state index in [1.54, 1.807) is 37.3 Å². The van der Waals surface area contributed by atoms with Crippen LogP contribution in [0.5, 0.6) is 0 Å². The number of nitrogens with one attached hydrogen (secondary N) is 3. The lowest BCUT2D eigenvalue weighted by Crippen LogP contribution is -2.26. The molecule has 0 spiro atoms. The van der Waals surface area contributed by atoms with Crippen LogP contribution in [-0.2, 0) is 14.9 Å². The predicted molar refractivity (Wildman–Crippen MR) is 139 cm³/mol. The smallest absolute Gasteiger partial charge is 0.277 e. The van der Waals surface area contributed by atoms with Gasteiger partial charge < -0.3 is 5.32 Å². The van der Waals surface area contributed by atoms with Crippen molar-refractivity contribution in [1.82, 2.24) is 5.48 Å². The lowest BCUT2D eigenvalue weighted by molar-refractivity contribution is 0.0422. The molecule has 35 heavy (non-hydrogen) atoms. The summed E-state index contributed by atoms with van der Waals surface area (Å²) in [7, 11) is -4.63. The van der Waals surface area contributed by atoms with Gasteiger partial charge >= 0.3 is 0 Å². The third-order valence-corrected chi connectivity index (χ3v) is 7.00. The van der Waals surface area contributed by atoms with Crippen molar-refractivity contribution in [2.24, 2.45) is 0 Å². The Morgan fingerprint density at radius 2 is 1.86 bits per heavy atom. The Hall–Kier alpha value is -2.74. The molecule has 0 unspecified atom stereocenters. The fraction of sp³-hybridized carbons (Fsp3) is 0.0870. The summed E-state index contributed by atoms with van der Waals surface area (Å²) < 4.78 is 59.4. The van der Waals surface area contributed by atoms with E-state index in [2.05, 4.69) is 16.6 Å². The first kappa shape index (κ1) is 26.9. The van der Waals surface area contributed by atoms with Crippen LogP contribution >= 0.6 is 34.2 Å². The molecule has 184 valence electrons. The Morgan fingerprint density at radius 1 is 1.14 bits per heavy atom. The number of para-hydroxylation sites is 1. The van der Waals surface area contributed by atoms with Crippen molar-refractivity contribution >= 4 is 67.2 Å². The first-order valence-corrected chi connectivity index (χ1v) is 12.8. The lowest BCUT2D eigenvalue weighted by Gasteiger charge is -2.18. The first-order chi connectivity index (χ1) is 16.5. The van der Waals surface area contributed by atoms with Gasteiger partial charge in [-0.3, -0.25) is 14.4 Å². The quantitative estimate of drug-likeness (QED) is 0.118. The molecular weight excluding hydrogens is 615 g/mol. The molecule has 3 aromatic carbocycles. The number of halogens is 4. The van der Waals surface area contributed by atoms with Gasteiger partial charge in [-0.1, -0.05) is 35.9 Å². The molecule has 7 nitrogen and oxygen atoms in total. The van der Waals surface area contributed by atoms with E-state index in [4.69, 9.17) is 16.4 Å². The number of anilines is 3. The van der Waals surface area contributed by atoms with Gasteiger partial charge in [0.25, 0.3) is 15.9 Å². The molecule has 0 radical (unpaired) electrons. The third-order valence-electron chi connectivity index (χ3n) is 4.65. The van der Waals surface area contributed by atoms with Crippen LogP contribution in [0.2, 0.25) is 5.02 Å². The number of carbonyl (C=O) groups excluding carboxylic acids is 1. The topological polar surface area (TPSA) is 96.5 Å². The zero-order chi connectivity index (χ0) is 25.8. The van der Waals surface area contributed by atoms with E-state index in [1.165, 1.54) is 18.2 Å². The molecule has 3 N–H and O–H groups in total. The van der Waals surface area contributed by atoms with Crippen LogP contribution in [0.1, 0.15) is 15.9 Å². The summed E-state index contributed by atoms with van der Waals surface area (Å²) in [5.41, 5.74) is 1.77. The van der Waals surface area contributed by atoms with Gasteiger partial charge in [-0.2, -0.15) is 0 Å². The van der Waals surface area contributed by atoms with E-state index in [0.717, 1.165) is 3.57 Å². The fourth-order valence-electron chi connectivity index (χ4n) is 2.93. The van der Waals surface area contributed by atoms with E-state index in [0.29, 0.717) is 11.6 Å². The maximum absolute atomic E-state index is 15.3. The van der Waals surface area contributed by atoms with Gasteiger partial charge in [0, 0.05) is 3.57 Å². The molecule has 0 aliphatic heterocycles. The molecule has 1 amide bonds. The zero-order valence-corrected chi connectivity index (χ0v) is 21.9. The van der Waals surface area contributed by atoms with Gasteiger partial charge in [0.1, 0.15) is 4.90 Å². The second kappa shape index (κ2) is 11.3. The van der Waals surface area contributed by atoms with Gasteiger partial charge in [0.05, 0.1) is 34.3 Å². The summed E-state index contributed by atoms with van der Waals surface area (Å²) in [6.45, 7) is 5.00. The van der Waals surface area contributed by atoms with Crippen molar-refractivity contribution < 1.29 is 26.8 Å². The highest BCUT2D eigenvalue weighted by molar-refractivity contribution is 14.1. The largest absolute Gasteiger partial charge is 0.351 e. The van der Waals surface area contributed by atoms with Crippen LogP contribution in [-0.4, -0.2) is 20.9 Å². The second-order valence-electron chi connectivity index (χ2n) is 7.13. The van der Waals surface area contributed by atoms with E-state index in [-0.39, 0.29) is 23.0 Å². The average molecular weight is 634 g/mol. The molecule has 0 bridgehead atoms. The number of carbonyl (C=O) groups is 1. The van der Waals surface area contributed by atoms with Crippen molar-refractivity contribution in [2.45, 2.75) is 11.8 Å². The molecule has 3 aromatic rings. The molecule has 0 heterocycles. The van der Waals surface area contributed by atoms with Crippen molar-refractivity contribution in [3.05, 3.63) is 92.5 Å². The molecule has 0 saturated heterocycles. The van der Waals surface area contributed by atoms with Gasteiger partial charge in [-0.05, 0) is 65.4 Å². The van der Waals surface area contributed by atoms with E-state index >= 15 is 8.78 Å². The minimum atomic E-state index is -4.63. The fourth-order valence-corrected chi connectivity index (χ4v) is 5.06. The Labute approximate surface area is 219 Å². The summed E-state index contributed by atoms with van der Waals surface area (Å²) >= 11 is 8.21. The van der Waals surface area contributed by atoms with Crippen LogP contribution in [0.4, 0.5) is 25.8 Å². The van der Waals surface area contributed by atoms with Gasteiger partial charge in [-0.25, -0.2) is 22.7 Å². The molecular formula is C23H19ClF2IN3O4S. The van der Waals surface area contributed by atoms with Crippen molar-refractivity contribution in [3.63, 3.8) is 0 Å². The predicted octanol–water partition coefficient (Wildman–Crippen LogP) is 5.92. The Bertz CT molecular complexity index is 1400. The molecule has 0 atom stereocenters. The van der Waals surface area contributed by atoms with Crippen LogP contribution in [0.3, 0.4) is 0 Å². The number of hydroxylamine groups is 1. The number of aryl methyl sites for hydroxylation is 1. The molecule has 0 saturated carbocycles. The summed E-state index contributed by atoms with van der Waals surface area (Å²) in [6, 6.07) is 11.8. The van der Waals surface area contributed by atoms with E-state index < -0.39 is 43.7 Å². The molecule has 12 heteroatoms. The second-order valence-corrected chi connectivity index (χ2v) is 10.4. The molecule has 0 aromatic heterocycles. The van der Waals surface area contributed by atoms with Gasteiger partial charge in [0.2, 0.25) is 0 Å².